The molecule has 35 heavy (non-hydrogen) atoms. The van der Waals surface area contributed by atoms with E-state index in [1.807, 2.05) is 0 Å². The summed E-state index contributed by atoms with van der Waals surface area (Å²) in [7, 11) is 0. The summed E-state index contributed by atoms with van der Waals surface area (Å²) >= 11 is -3.98. The summed E-state index contributed by atoms with van der Waals surface area (Å²) in [5.74, 6) is -2.80. The summed E-state index contributed by atoms with van der Waals surface area (Å²) in [6.45, 7) is 4.92. The van der Waals surface area contributed by atoms with Crippen LogP contribution in [-0.4, -0.2) is 56.3 Å². The van der Waals surface area contributed by atoms with Crippen molar-refractivity contribution in [3.63, 3.8) is 0 Å². The van der Waals surface area contributed by atoms with Crippen LogP contribution < -0.4 is 0 Å². The van der Waals surface area contributed by atoms with Gasteiger partial charge in [0.15, 0.2) is 0 Å². The average molecular weight is 603 g/mol. The Morgan fingerprint density at radius 1 is 0.514 bits per heavy atom. The number of hydrogen-bond donors (Lipinski definition) is 0. The van der Waals surface area contributed by atoms with Gasteiger partial charge in [-0.15, -0.1) is 0 Å². The first-order valence-electron chi connectivity index (χ1n) is 12.9. The van der Waals surface area contributed by atoms with Crippen LogP contribution in [0.25, 0.3) is 0 Å². The fourth-order valence-electron chi connectivity index (χ4n) is 3.05. The maximum absolute atomic E-state index is 12.0. The first-order valence-corrected chi connectivity index (χ1v) is 20.9. The van der Waals surface area contributed by atoms with Gasteiger partial charge in [-0.1, -0.05) is 26.7 Å². The first kappa shape index (κ1) is 33.2. The van der Waals surface area contributed by atoms with Crippen molar-refractivity contribution in [3.8, 4) is 0 Å². The van der Waals surface area contributed by atoms with Crippen molar-refractivity contribution in [1.82, 2.24) is 0 Å². The van der Waals surface area contributed by atoms with Crippen LogP contribution in [0.1, 0.15) is 90.9 Å². The average Bonchev–Trinajstić information content (AvgIpc) is 2.79. The Morgan fingerprint density at radius 2 is 0.829 bits per heavy atom. The van der Waals surface area contributed by atoms with Gasteiger partial charge < -0.3 is 0 Å². The standard InChI is InChI=1S/2C12H20O4.2CH3.Sn/c2*1-2-3-4-5-6-7-10-16-12(15)9-8-11(13)14;;;/h2*8-9H,2-7,10H2,1H3,(H,13,14);2*1H3;/q;;;;+2/p-2/b2*9-8-;;;. The van der Waals surface area contributed by atoms with Gasteiger partial charge in [-0.2, -0.15) is 0 Å². The molecule has 0 amide bonds. The van der Waals surface area contributed by atoms with E-state index in [0.717, 1.165) is 62.8 Å². The summed E-state index contributed by atoms with van der Waals surface area (Å²) in [4.78, 5) is 50.5. The minimum Gasteiger partial charge on any atom is -0.0654 e. The van der Waals surface area contributed by atoms with Crippen LogP contribution in [0.3, 0.4) is 0 Å². The zero-order valence-corrected chi connectivity index (χ0v) is 24.8. The molecule has 0 saturated heterocycles. The van der Waals surface area contributed by atoms with Gasteiger partial charge in [0.2, 0.25) is 0 Å². The summed E-state index contributed by atoms with van der Waals surface area (Å²) in [5.41, 5.74) is 0. The van der Waals surface area contributed by atoms with Crippen LogP contribution in [-0.2, 0) is 34.8 Å². The van der Waals surface area contributed by atoms with Crippen molar-refractivity contribution >= 4 is 43.1 Å². The number of carbonyl (C=O) groups is 4. The molecule has 0 aliphatic heterocycles. The molecule has 0 fully saturated rings. The number of hydrogen-bond acceptors (Lipinski definition) is 8. The Kier molecular flexibility index (Phi) is 20.3. The number of rotatable bonds is 20. The molecule has 0 heterocycles. The first-order chi connectivity index (χ1) is 16.7. The minimum absolute atomic E-state index is 0.306. The van der Waals surface area contributed by atoms with Gasteiger partial charge in [0.25, 0.3) is 0 Å². The molecule has 8 nitrogen and oxygen atoms in total. The van der Waals surface area contributed by atoms with Gasteiger partial charge in [-0.05, 0) is 0 Å². The summed E-state index contributed by atoms with van der Waals surface area (Å²) < 4.78 is 20.6. The molecule has 0 N–H and O–H groups in total. The maximum atomic E-state index is 12.0. The molecule has 0 unspecified atom stereocenters. The van der Waals surface area contributed by atoms with Crippen LogP contribution >= 0.6 is 0 Å². The number of unbranched alkanes of at least 4 members (excludes halogenated alkanes) is 10. The molecule has 0 aliphatic rings. The molecule has 0 saturated carbocycles. The van der Waals surface area contributed by atoms with Crippen molar-refractivity contribution in [2.45, 2.75) is 101 Å². The second-order valence-corrected chi connectivity index (χ2v) is 17.9. The smallest absolute Gasteiger partial charge is 0.0654 e. The van der Waals surface area contributed by atoms with E-state index in [9.17, 15) is 19.2 Å². The van der Waals surface area contributed by atoms with Crippen LogP contribution in [0, 0.1) is 0 Å². The fourth-order valence-corrected chi connectivity index (χ4v) is 6.33. The monoisotopic (exact) mass is 604 g/mol. The van der Waals surface area contributed by atoms with Crippen LogP contribution in [0.2, 0.25) is 9.88 Å². The molecular formula is C26H44O8Sn. The fraction of sp³-hybridized carbons (Fsp3) is 0.692. The van der Waals surface area contributed by atoms with Crippen molar-refractivity contribution in [1.29, 1.82) is 0 Å². The molecule has 200 valence electrons. The Hall–Kier alpha value is -1.84. The van der Waals surface area contributed by atoms with E-state index < -0.39 is 43.1 Å². The van der Waals surface area contributed by atoms with Crippen LogP contribution in [0.4, 0.5) is 0 Å². The Balaban J connectivity index is 4.14. The van der Waals surface area contributed by atoms with Crippen molar-refractivity contribution < 1.29 is 34.8 Å². The molecule has 0 aromatic rings. The van der Waals surface area contributed by atoms with E-state index in [4.69, 9.17) is 15.6 Å². The zero-order valence-electron chi connectivity index (χ0n) is 22.0. The van der Waals surface area contributed by atoms with E-state index in [1.54, 1.807) is 9.88 Å². The number of esters is 2. The third kappa shape index (κ3) is 22.4. The second-order valence-electron chi connectivity index (χ2n) is 8.78. The third-order valence-corrected chi connectivity index (χ3v) is 8.84. The SMILES string of the molecule is CCCCCCCCOC(=O)/C=C\C(=O)[O][Sn]([CH3])([CH3])[O]C(=O)/C=C\C(=O)OCCCCCCCC. The van der Waals surface area contributed by atoms with Gasteiger partial charge in [0.1, 0.15) is 0 Å². The number of carbonyl (C=O) groups excluding carboxylic acids is 4. The van der Waals surface area contributed by atoms with E-state index in [1.165, 1.54) is 38.5 Å². The molecule has 0 spiro atoms. The number of ether oxygens (including phenoxy) is 2. The van der Waals surface area contributed by atoms with Gasteiger partial charge in [0.05, 0.1) is 0 Å². The summed E-state index contributed by atoms with van der Waals surface area (Å²) in [6, 6.07) is 0. The van der Waals surface area contributed by atoms with Gasteiger partial charge in [-0.25, -0.2) is 0 Å². The van der Waals surface area contributed by atoms with E-state index >= 15 is 0 Å². The molecule has 0 atom stereocenters. The van der Waals surface area contributed by atoms with Gasteiger partial charge in [-0.3, -0.25) is 0 Å². The van der Waals surface area contributed by atoms with E-state index in [0.29, 0.717) is 13.2 Å². The predicted molar refractivity (Wildman–Crippen MR) is 137 cm³/mol. The Bertz CT molecular complexity index is 629. The molecular weight excluding hydrogens is 559 g/mol. The quantitative estimate of drug-likeness (QED) is 0.0757. The topological polar surface area (TPSA) is 105 Å². The molecule has 0 aromatic carbocycles. The summed E-state index contributed by atoms with van der Waals surface area (Å²) in [5, 5.41) is 0. The minimum atomic E-state index is -3.98. The molecule has 0 rings (SSSR count). The van der Waals surface area contributed by atoms with E-state index in [-0.39, 0.29) is 0 Å². The van der Waals surface area contributed by atoms with Gasteiger partial charge in [0, 0.05) is 0 Å². The zero-order chi connectivity index (χ0) is 26.4. The molecule has 0 radical (unpaired) electrons. The second kappa shape index (κ2) is 21.4. The normalized spacial score (nSPS) is 11.5. The van der Waals surface area contributed by atoms with Crippen LogP contribution in [0.15, 0.2) is 24.3 Å². The van der Waals surface area contributed by atoms with Crippen molar-refractivity contribution in [2.24, 2.45) is 0 Å². The molecule has 0 aliphatic carbocycles. The Morgan fingerprint density at radius 3 is 1.20 bits per heavy atom. The van der Waals surface area contributed by atoms with Crippen molar-refractivity contribution in [2.75, 3.05) is 13.2 Å². The molecule has 0 aromatic heterocycles. The van der Waals surface area contributed by atoms with E-state index in [2.05, 4.69) is 13.8 Å². The summed E-state index contributed by atoms with van der Waals surface area (Å²) in [6.07, 6.45) is 16.9. The van der Waals surface area contributed by atoms with Crippen molar-refractivity contribution in [3.05, 3.63) is 24.3 Å². The third-order valence-electron chi connectivity index (χ3n) is 4.89. The van der Waals surface area contributed by atoms with Gasteiger partial charge >= 0.3 is 189 Å². The predicted octanol–water partition coefficient (Wildman–Crippen LogP) is 5.69. The molecule has 9 heteroatoms. The Labute approximate surface area is 215 Å². The molecule has 0 bridgehead atoms. The van der Waals surface area contributed by atoms with Crippen LogP contribution in [0.5, 0.6) is 0 Å².